The van der Waals surface area contributed by atoms with Crippen LogP contribution in [0.5, 0.6) is 0 Å². The molecule has 0 atom stereocenters. The predicted molar refractivity (Wildman–Crippen MR) is 43.0 cm³/mol. The quantitative estimate of drug-likeness (QED) is 0.260. The fourth-order valence-corrected chi connectivity index (χ4v) is 0.684. The Hall–Kier alpha value is -1.42. The lowest BCUT2D eigenvalue weighted by molar-refractivity contribution is 0.534. The van der Waals surface area contributed by atoms with Crippen LogP contribution in [0.15, 0.2) is 24.4 Å². The first-order valence-electron chi connectivity index (χ1n) is 3.20. The molecule has 0 radical (unpaired) electrons. The van der Waals surface area contributed by atoms with E-state index in [1.165, 1.54) is 5.01 Å². The van der Waals surface area contributed by atoms with Gasteiger partial charge in [-0.3, -0.25) is 15.4 Å². The van der Waals surface area contributed by atoms with Gasteiger partial charge in [-0.2, -0.15) is 0 Å². The van der Waals surface area contributed by atoms with Gasteiger partial charge in [0.25, 0.3) is 0 Å². The fourth-order valence-electron chi connectivity index (χ4n) is 0.684. The highest BCUT2D eigenvalue weighted by atomic mass is 15.4. The third kappa shape index (κ3) is 1.75. The number of hydrogen-bond acceptors (Lipinski definition) is 3. The summed E-state index contributed by atoms with van der Waals surface area (Å²) in [6.07, 6.45) is 1.63. The Labute approximate surface area is 65.1 Å². The first kappa shape index (κ1) is 7.68. The van der Waals surface area contributed by atoms with Crippen molar-refractivity contribution in [3.8, 4) is 0 Å². The van der Waals surface area contributed by atoms with E-state index in [1.54, 1.807) is 25.4 Å². The highest BCUT2D eigenvalue weighted by molar-refractivity contribution is 5.93. The molecule has 0 unspecified atom stereocenters. The molecule has 4 nitrogen and oxygen atoms in total. The molecule has 0 aliphatic heterocycles. The summed E-state index contributed by atoms with van der Waals surface area (Å²) in [5.74, 6) is 5.55. The minimum atomic E-state index is 0.214. The van der Waals surface area contributed by atoms with E-state index in [0.29, 0.717) is 5.69 Å². The van der Waals surface area contributed by atoms with Gasteiger partial charge in [0.1, 0.15) is 5.69 Å². The van der Waals surface area contributed by atoms with Crippen molar-refractivity contribution in [3.05, 3.63) is 30.1 Å². The van der Waals surface area contributed by atoms with E-state index in [-0.39, 0.29) is 5.84 Å². The molecule has 1 rings (SSSR count). The zero-order chi connectivity index (χ0) is 8.27. The smallest absolute Gasteiger partial charge is 0.161 e. The Balaban J connectivity index is 2.86. The zero-order valence-electron chi connectivity index (χ0n) is 6.28. The molecule has 1 heterocycles. The standard InChI is InChI=1S/C7H10N4/c1-11(9)7(8)6-4-2-3-5-10-6/h2-5,8H,9H2,1H3. The third-order valence-corrected chi connectivity index (χ3v) is 1.26. The number of rotatable bonds is 1. The predicted octanol–water partition coefficient (Wildman–Crippen LogP) is 0.212. The summed E-state index contributed by atoms with van der Waals surface area (Å²) in [5.41, 5.74) is 0.581. The van der Waals surface area contributed by atoms with Crippen molar-refractivity contribution in [2.45, 2.75) is 0 Å². The second-order valence-electron chi connectivity index (χ2n) is 2.17. The number of nitrogens with zero attached hydrogens (tertiary/aromatic N) is 2. The van der Waals surface area contributed by atoms with E-state index in [9.17, 15) is 0 Å². The van der Waals surface area contributed by atoms with Crippen LogP contribution in [-0.2, 0) is 0 Å². The largest absolute Gasteiger partial charge is 0.297 e. The van der Waals surface area contributed by atoms with E-state index >= 15 is 0 Å². The third-order valence-electron chi connectivity index (χ3n) is 1.26. The molecule has 58 valence electrons. The van der Waals surface area contributed by atoms with Crippen LogP contribution in [0.2, 0.25) is 0 Å². The molecule has 0 aromatic carbocycles. The molecule has 0 spiro atoms. The second-order valence-corrected chi connectivity index (χ2v) is 2.17. The van der Waals surface area contributed by atoms with Crippen LogP contribution in [0.3, 0.4) is 0 Å². The molecular formula is C7H10N4. The summed E-state index contributed by atoms with van der Waals surface area (Å²) >= 11 is 0. The number of pyridine rings is 1. The maximum atomic E-state index is 7.42. The molecule has 0 aliphatic carbocycles. The minimum Gasteiger partial charge on any atom is -0.297 e. The Morgan fingerprint density at radius 3 is 2.82 bits per heavy atom. The number of nitrogens with two attached hydrogens (primary N) is 1. The molecule has 3 N–H and O–H groups in total. The maximum absolute atomic E-state index is 7.42. The Bertz CT molecular complexity index is 242. The summed E-state index contributed by atoms with van der Waals surface area (Å²) in [6.45, 7) is 0. The first-order valence-corrected chi connectivity index (χ1v) is 3.20. The van der Waals surface area contributed by atoms with Gasteiger partial charge < -0.3 is 0 Å². The van der Waals surface area contributed by atoms with Gasteiger partial charge in [0.2, 0.25) is 0 Å². The van der Waals surface area contributed by atoms with Crippen molar-refractivity contribution in [2.75, 3.05) is 7.05 Å². The number of aromatic nitrogens is 1. The highest BCUT2D eigenvalue weighted by Gasteiger charge is 2.02. The summed E-state index contributed by atoms with van der Waals surface area (Å²) in [4.78, 5) is 3.95. The van der Waals surface area contributed by atoms with E-state index < -0.39 is 0 Å². The van der Waals surface area contributed by atoms with E-state index in [1.807, 2.05) is 6.07 Å². The van der Waals surface area contributed by atoms with Crippen molar-refractivity contribution in [2.24, 2.45) is 5.84 Å². The molecular weight excluding hydrogens is 140 g/mol. The topological polar surface area (TPSA) is 66.0 Å². The molecule has 0 saturated heterocycles. The van der Waals surface area contributed by atoms with Crippen LogP contribution >= 0.6 is 0 Å². The maximum Gasteiger partial charge on any atom is 0.161 e. The molecule has 11 heavy (non-hydrogen) atoms. The van der Waals surface area contributed by atoms with Crippen LogP contribution < -0.4 is 5.84 Å². The zero-order valence-corrected chi connectivity index (χ0v) is 6.28. The molecule has 0 bridgehead atoms. The average molecular weight is 150 g/mol. The number of hydrogen-bond donors (Lipinski definition) is 2. The van der Waals surface area contributed by atoms with Crippen LogP contribution in [0.4, 0.5) is 0 Å². The van der Waals surface area contributed by atoms with Gasteiger partial charge >= 0.3 is 0 Å². The molecule has 0 amide bonds. The Kier molecular flexibility index (Phi) is 2.18. The lowest BCUT2D eigenvalue weighted by atomic mass is 10.3. The van der Waals surface area contributed by atoms with Crippen molar-refractivity contribution in [1.82, 2.24) is 9.99 Å². The molecule has 1 aromatic heterocycles. The van der Waals surface area contributed by atoms with Crippen LogP contribution in [0, 0.1) is 5.41 Å². The number of amidine groups is 1. The summed E-state index contributed by atoms with van der Waals surface area (Å²) in [5, 5.41) is 8.65. The van der Waals surface area contributed by atoms with Gasteiger partial charge in [-0.15, -0.1) is 0 Å². The Morgan fingerprint density at radius 1 is 1.64 bits per heavy atom. The van der Waals surface area contributed by atoms with Crippen molar-refractivity contribution in [3.63, 3.8) is 0 Å². The monoisotopic (exact) mass is 150 g/mol. The van der Waals surface area contributed by atoms with Gasteiger partial charge in [-0.25, -0.2) is 5.84 Å². The van der Waals surface area contributed by atoms with Crippen molar-refractivity contribution < 1.29 is 0 Å². The van der Waals surface area contributed by atoms with Gasteiger partial charge in [0.15, 0.2) is 5.84 Å². The van der Waals surface area contributed by atoms with Crippen LogP contribution in [-0.4, -0.2) is 22.9 Å². The first-order chi connectivity index (χ1) is 5.22. The summed E-state index contributed by atoms with van der Waals surface area (Å²) in [6, 6.07) is 5.36. The summed E-state index contributed by atoms with van der Waals surface area (Å²) in [7, 11) is 1.61. The van der Waals surface area contributed by atoms with E-state index in [0.717, 1.165) is 0 Å². The van der Waals surface area contributed by atoms with Gasteiger partial charge in [-0.1, -0.05) is 6.07 Å². The van der Waals surface area contributed by atoms with Gasteiger partial charge in [0, 0.05) is 13.2 Å². The molecule has 0 saturated carbocycles. The summed E-state index contributed by atoms with van der Waals surface area (Å²) < 4.78 is 0. The van der Waals surface area contributed by atoms with Crippen molar-refractivity contribution in [1.29, 1.82) is 5.41 Å². The normalized spacial score (nSPS) is 9.27. The molecule has 0 aliphatic rings. The van der Waals surface area contributed by atoms with Crippen LogP contribution in [0.25, 0.3) is 0 Å². The number of nitrogens with one attached hydrogen (secondary N) is 1. The molecule has 4 heteroatoms. The lowest BCUT2D eigenvalue weighted by Crippen LogP contribution is -2.33. The van der Waals surface area contributed by atoms with Gasteiger partial charge in [0.05, 0.1) is 0 Å². The highest BCUT2D eigenvalue weighted by Crippen LogP contribution is 1.94. The van der Waals surface area contributed by atoms with Crippen molar-refractivity contribution >= 4 is 5.84 Å². The van der Waals surface area contributed by atoms with E-state index in [4.69, 9.17) is 11.3 Å². The number of hydrazine groups is 1. The average Bonchev–Trinajstić information content (AvgIpc) is 2.05. The van der Waals surface area contributed by atoms with Crippen LogP contribution in [0.1, 0.15) is 5.69 Å². The lowest BCUT2D eigenvalue weighted by Gasteiger charge is -2.11. The molecule has 0 fully saturated rings. The SMILES string of the molecule is CN(N)C(=N)c1ccccn1. The minimum absolute atomic E-state index is 0.214. The fraction of sp³-hybridized carbons (Fsp3) is 0.143. The molecule has 1 aromatic rings. The Morgan fingerprint density at radius 2 is 2.36 bits per heavy atom. The van der Waals surface area contributed by atoms with Gasteiger partial charge in [-0.05, 0) is 12.1 Å². The second kappa shape index (κ2) is 3.12. The van der Waals surface area contributed by atoms with E-state index in [2.05, 4.69) is 4.98 Å².